The summed E-state index contributed by atoms with van der Waals surface area (Å²) < 4.78 is 11.9. The van der Waals surface area contributed by atoms with Crippen molar-refractivity contribution < 1.29 is 0 Å². The van der Waals surface area contributed by atoms with Gasteiger partial charge in [0.1, 0.15) is 22.4 Å². The Morgan fingerprint density at radius 1 is 0.562 bits per heavy atom. The van der Waals surface area contributed by atoms with E-state index < -0.39 is 0 Å². The molecule has 1 aliphatic heterocycles. The lowest BCUT2D eigenvalue weighted by atomic mass is 9.94. The van der Waals surface area contributed by atoms with Crippen molar-refractivity contribution in [1.82, 2.24) is 15.0 Å². The van der Waals surface area contributed by atoms with Gasteiger partial charge in [-0.15, -0.1) is 22.7 Å². The van der Waals surface area contributed by atoms with Gasteiger partial charge in [0.05, 0.1) is 36.6 Å². The van der Waals surface area contributed by atoms with Crippen molar-refractivity contribution >= 4 is 88.3 Å². The van der Waals surface area contributed by atoms with Crippen LogP contribution >= 0.6 is 54.5 Å². The molecule has 0 aliphatic carbocycles. The molecule has 1 aliphatic rings. The van der Waals surface area contributed by atoms with E-state index in [-0.39, 0.29) is 0 Å². The third-order valence-corrected chi connectivity index (χ3v) is 13.4. The lowest BCUT2D eigenvalue weighted by Crippen LogP contribution is -2.14. The van der Waals surface area contributed by atoms with Crippen LogP contribution in [-0.4, -0.2) is 15.0 Å². The minimum atomic E-state index is 0.594. The Labute approximate surface area is 317 Å². The van der Waals surface area contributed by atoms with E-state index in [9.17, 15) is 0 Å². The van der Waals surface area contributed by atoms with Crippen LogP contribution in [0.3, 0.4) is 0 Å². The zero-order chi connectivity index (χ0) is 33.6. The first-order chi connectivity index (χ1) is 23.6. The zero-order valence-electron chi connectivity index (χ0n) is 29.0. The average Bonchev–Trinajstić information content (AvgIpc) is 3.90. The van der Waals surface area contributed by atoms with Gasteiger partial charge in [-0.05, 0) is 74.9 Å². The largest absolute Gasteiger partial charge is 0.183 e. The van der Waals surface area contributed by atoms with Crippen molar-refractivity contribution in [1.29, 1.82) is 0 Å². The Hall–Kier alpha value is -1.20. The van der Waals surface area contributed by atoms with Crippen LogP contribution in [0.5, 0.6) is 0 Å². The molecule has 262 valence electrons. The molecule has 0 saturated heterocycles. The standard InChI is InChI=1S/C38H53Br2N5S3/c1-3-5-7-9-11-13-14-16-18-20-22-28(21-19-17-15-12-10-8-6-4-2)27-45-41-35-33(29-23-25-31(39)46-29)37-38(44-48-43-37)34(36(35)42-45)30-24-26-32(40)47-30/h23-26,28H,3-22,27H2,1-2H3. The molecule has 0 fully saturated rings. The van der Waals surface area contributed by atoms with Crippen molar-refractivity contribution in [3.8, 4) is 20.9 Å². The summed E-state index contributed by atoms with van der Waals surface area (Å²) >= 11 is 12.1. The van der Waals surface area contributed by atoms with E-state index in [0.29, 0.717) is 5.92 Å². The van der Waals surface area contributed by atoms with Crippen LogP contribution in [0.15, 0.2) is 40.6 Å². The number of hydrogen-bond donors (Lipinski definition) is 0. The van der Waals surface area contributed by atoms with Gasteiger partial charge in [-0.1, -0.05) is 129 Å². The normalized spacial score (nSPS) is 13.1. The molecule has 0 radical (unpaired) electrons. The van der Waals surface area contributed by atoms with Crippen molar-refractivity contribution in [3.05, 3.63) is 31.8 Å². The minimum absolute atomic E-state index is 0.594. The van der Waals surface area contributed by atoms with Crippen LogP contribution in [0.4, 0.5) is 11.4 Å². The molecule has 0 amide bonds. The van der Waals surface area contributed by atoms with Crippen LogP contribution in [-0.2, 0) is 17.9 Å². The highest BCUT2D eigenvalue weighted by Crippen LogP contribution is 2.54. The molecule has 10 heteroatoms. The first-order valence-electron chi connectivity index (χ1n) is 18.6. The van der Waals surface area contributed by atoms with Crippen molar-refractivity contribution in [2.75, 3.05) is 0 Å². The summed E-state index contributed by atoms with van der Waals surface area (Å²) in [7, 11) is 0. The second-order valence-electron chi connectivity index (χ2n) is 13.5. The molecule has 0 saturated carbocycles. The van der Waals surface area contributed by atoms with E-state index >= 15 is 0 Å². The number of halogens is 2. The first-order valence-corrected chi connectivity index (χ1v) is 22.6. The van der Waals surface area contributed by atoms with Gasteiger partial charge in [0, 0.05) is 9.75 Å². The van der Waals surface area contributed by atoms with Gasteiger partial charge in [0.25, 0.3) is 0 Å². The fourth-order valence-corrected chi connectivity index (χ4v) is 10.3. The van der Waals surface area contributed by atoms with Crippen molar-refractivity contribution in [2.24, 2.45) is 14.6 Å². The van der Waals surface area contributed by atoms with Gasteiger partial charge in [-0.3, -0.25) is 0 Å². The predicted octanol–water partition coefficient (Wildman–Crippen LogP) is 15.6. The Kier molecular flexibility index (Phi) is 16.3. The summed E-state index contributed by atoms with van der Waals surface area (Å²) in [6.45, 7) is 5.47. The molecule has 1 aromatic carbocycles. The number of aromatic nitrogens is 3. The molecule has 4 aromatic rings. The van der Waals surface area contributed by atoms with Crippen molar-refractivity contribution in [2.45, 2.75) is 149 Å². The van der Waals surface area contributed by atoms with Crippen LogP contribution in [0, 0.1) is 5.92 Å². The molecule has 5 nitrogen and oxygen atoms in total. The van der Waals surface area contributed by atoms with E-state index in [1.165, 1.54) is 140 Å². The molecule has 1 unspecified atom stereocenters. The number of thiophene rings is 2. The molecule has 0 N–H and O–H groups in total. The first kappa shape index (κ1) is 38.0. The number of fused-ring (bicyclic) bond motifs is 2. The Morgan fingerprint density at radius 2 is 0.958 bits per heavy atom. The fraction of sp³-hybridized carbons (Fsp3) is 0.632. The number of hydrogen-bond acceptors (Lipinski definition) is 6. The topological polar surface area (TPSA) is 55.4 Å². The van der Waals surface area contributed by atoms with Gasteiger partial charge < -0.3 is 0 Å². The third-order valence-electron chi connectivity index (χ3n) is 9.58. The maximum atomic E-state index is 5.27. The smallest absolute Gasteiger partial charge is 0.124 e. The summed E-state index contributed by atoms with van der Waals surface area (Å²) in [6, 6.07) is 8.55. The second-order valence-corrected chi connectivity index (χ2v) is 18.9. The predicted molar refractivity (Wildman–Crippen MR) is 218 cm³/mol. The highest BCUT2D eigenvalue weighted by molar-refractivity contribution is 9.11. The Balaban J connectivity index is 1.31. The fourth-order valence-electron chi connectivity index (χ4n) is 6.92. The maximum absolute atomic E-state index is 5.27. The quantitative estimate of drug-likeness (QED) is 0.0582. The van der Waals surface area contributed by atoms with E-state index in [4.69, 9.17) is 18.9 Å². The lowest BCUT2D eigenvalue weighted by molar-refractivity contribution is 0.326. The molecule has 1 atom stereocenters. The van der Waals surface area contributed by atoms with E-state index in [2.05, 4.69) is 70.0 Å². The van der Waals surface area contributed by atoms with Gasteiger partial charge >= 0.3 is 0 Å². The second kappa shape index (κ2) is 20.6. The van der Waals surface area contributed by atoms with Gasteiger partial charge in [-0.2, -0.15) is 23.7 Å². The Morgan fingerprint density at radius 3 is 1.33 bits per heavy atom. The summed E-state index contributed by atoms with van der Waals surface area (Å²) in [4.78, 5) is 4.32. The third kappa shape index (κ3) is 10.9. The van der Waals surface area contributed by atoms with E-state index in [0.717, 1.165) is 57.4 Å². The van der Waals surface area contributed by atoms with Crippen LogP contribution < -0.4 is 0 Å². The highest BCUT2D eigenvalue weighted by atomic mass is 79.9. The number of nitrogens with zero attached hydrogens (tertiary/aromatic N) is 5. The average molecular weight is 836 g/mol. The molecular weight excluding hydrogens is 782 g/mol. The van der Waals surface area contributed by atoms with E-state index in [1.807, 2.05) is 4.80 Å². The monoisotopic (exact) mass is 833 g/mol. The molecule has 0 bridgehead atoms. The maximum Gasteiger partial charge on any atom is 0.124 e. The SMILES string of the molecule is CCCCCCCCCCCCC(CCCCCCCCCC)Cn1nc2c(-c3ccc(Br)s3)c3c(c(-c4ccc(Br)s4)c2n1)N=S=N3. The van der Waals surface area contributed by atoms with Crippen molar-refractivity contribution in [3.63, 3.8) is 0 Å². The number of unbranched alkanes of at least 4 members (excludes halogenated alkanes) is 16. The summed E-state index contributed by atoms with van der Waals surface area (Å²) in [5, 5.41) is 10.5. The molecular formula is C38H53Br2N5S3. The van der Waals surface area contributed by atoms with Gasteiger partial charge in [0.15, 0.2) is 0 Å². The summed E-state index contributed by atoms with van der Waals surface area (Å²) in [6.07, 6.45) is 27.2. The van der Waals surface area contributed by atoms with Gasteiger partial charge in [0.2, 0.25) is 0 Å². The van der Waals surface area contributed by atoms with Crippen LogP contribution in [0.1, 0.15) is 142 Å². The van der Waals surface area contributed by atoms with E-state index in [1.54, 1.807) is 22.7 Å². The minimum Gasteiger partial charge on any atom is -0.183 e. The number of rotatable bonds is 24. The molecule has 5 rings (SSSR count). The number of benzene rings is 1. The zero-order valence-corrected chi connectivity index (χ0v) is 34.6. The van der Waals surface area contributed by atoms with Crippen LogP contribution in [0.25, 0.3) is 31.9 Å². The molecule has 48 heavy (non-hydrogen) atoms. The Bertz CT molecular complexity index is 1550. The van der Waals surface area contributed by atoms with Crippen LogP contribution in [0.2, 0.25) is 0 Å². The lowest BCUT2D eigenvalue weighted by Gasteiger charge is -2.16. The highest BCUT2D eigenvalue weighted by Gasteiger charge is 2.28. The van der Waals surface area contributed by atoms with Gasteiger partial charge in [-0.25, -0.2) is 0 Å². The summed E-state index contributed by atoms with van der Waals surface area (Å²) in [5.41, 5.74) is 5.85. The molecule has 3 aromatic heterocycles. The molecule has 0 spiro atoms. The molecule has 4 heterocycles. The summed E-state index contributed by atoms with van der Waals surface area (Å²) in [5.74, 6) is 0.594.